The third-order valence-electron chi connectivity index (χ3n) is 2.82. The molecule has 1 aliphatic carbocycles. The molecule has 1 fully saturated rings. The summed E-state index contributed by atoms with van der Waals surface area (Å²) in [6, 6.07) is 0. The molecule has 0 bridgehead atoms. The maximum Gasteiger partial charge on any atom is 0.220 e. The van der Waals surface area contributed by atoms with Gasteiger partial charge in [0, 0.05) is 11.5 Å². The zero-order valence-electron chi connectivity index (χ0n) is 11.4. The average molecular weight is 234 g/mol. The van der Waals surface area contributed by atoms with Crippen LogP contribution in [-0.2, 0) is 0 Å². The van der Waals surface area contributed by atoms with E-state index in [-0.39, 0.29) is 5.60 Å². The van der Waals surface area contributed by atoms with E-state index in [4.69, 9.17) is 4.74 Å². The molecule has 0 N–H and O–H groups in total. The van der Waals surface area contributed by atoms with E-state index in [2.05, 4.69) is 44.6 Å². The van der Waals surface area contributed by atoms with Gasteiger partial charge in [0.1, 0.15) is 11.9 Å². The molecule has 0 saturated heterocycles. The van der Waals surface area contributed by atoms with Gasteiger partial charge in [-0.3, -0.25) is 0 Å². The van der Waals surface area contributed by atoms with E-state index in [1.165, 1.54) is 24.1 Å². The molecule has 17 heavy (non-hydrogen) atoms. The quantitative estimate of drug-likeness (QED) is 0.800. The molecule has 0 aromatic carbocycles. The predicted octanol–water partition coefficient (Wildman–Crippen LogP) is 3.65. The molecule has 0 radical (unpaired) electrons. The van der Waals surface area contributed by atoms with Crippen LogP contribution < -0.4 is 4.74 Å². The van der Waals surface area contributed by atoms with Gasteiger partial charge in [0.05, 0.1) is 5.69 Å². The van der Waals surface area contributed by atoms with Crippen LogP contribution >= 0.6 is 0 Å². The van der Waals surface area contributed by atoms with E-state index in [1.807, 2.05) is 0 Å². The summed E-state index contributed by atoms with van der Waals surface area (Å²) in [4.78, 5) is 8.78. The highest BCUT2D eigenvalue weighted by Crippen LogP contribution is 2.44. The molecular weight excluding hydrogens is 212 g/mol. The molecule has 94 valence electrons. The Hall–Kier alpha value is -1.12. The third kappa shape index (κ3) is 2.96. The van der Waals surface area contributed by atoms with Gasteiger partial charge in [0.2, 0.25) is 5.88 Å². The number of nitrogens with zero attached hydrogens (tertiary/aromatic N) is 2. The van der Waals surface area contributed by atoms with Crippen LogP contribution in [0.15, 0.2) is 6.33 Å². The van der Waals surface area contributed by atoms with E-state index in [0.29, 0.717) is 11.8 Å². The highest BCUT2D eigenvalue weighted by atomic mass is 16.5. The molecular formula is C14H22N2O. The van der Waals surface area contributed by atoms with Crippen molar-refractivity contribution in [2.24, 2.45) is 0 Å². The summed E-state index contributed by atoms with van der Waals surface area (Å²) in [5.74, 6) is 1.81. The van der Waals surface area contributed by atoms with E-state index >= 15 is 0 Å². The number of rotatable bonds is 3. The Bertz CT molecular complexity index is 403. The van der Waals surface area contributed by atoms with Crippen molar-refractivity contribution < 1.29 is 4.74 Å². The van der Waals surface area contributed by atoms with Gasteiger partial charge in [-0.1, -0.05) is 13.8 Å². The van der Waals surface area contributed by atoms with Crippen LogP contribution in [-0.4, -0.2) is 15.6 Å². The fourth-order valence-electron chi connectivity index (χ4n) is 1.99. The van der Waals surface area contributed by atoms with Crippen molar-refractivity contribution in [1.82, 2.24) is 9.97 Å². The molecule has 0 spiro atoms. The van der Waals surface area contributed by atoms with Crippen molar-refractivity contribution in [2.75, 3.05) is 0 Å². The monoisotopic (exact) mass is 234 g/mol. The molecule has 1 heterocycles. The van der Waals surface area contributed by atoms with Gasteiger partial charge in [-0.05, 0) is 39.5 Å². The van der Waals surface area contributed by atoms with Crippen LogP contribution in [0.2, 0.25) is 0 Å². The van der Waals surface area contributed by atoms with Crippen LogP contribution in [0.3, 0.4) is 0 Å². The van der Waals surface area contributed by atoms with Crippen LogP contribution in [0.5, 0.6) is 5.88 Å². The summed E-state index contributed by atoms with van der Waals surface area (Å²) in [5, 5.41) is 0. The van der Waals surface area contributed by atoms with E-state index in [9.17, 15) is 0 Å². The number of aromatic nitrogens is 2. The van der Waals surface area contributed by atoms with Crippen LogP contribution in [0, 0.1) is 0 Å². The standard InChI is InChI=1S/C14H22N2O/c1-9(2)11-12(10-6-7-10)15-8-16-13(11)17-14(3,4)5/h8-10H,6-7H2,1-5H3. The summed E-state index contributed by atoms with van der Waals surface area (Å²) in [7, 11) is 0. The van der Waals surface area contributed by atoms with E-state index in [1.54, 1.807) is 6.33 Å². The topological polar surface area (TPSA) is 35.0 Å². The Morgan fingerprint density at radius 3 is 2.35 bits per heavy atom. The number of hydrogen-bond donors (Lipinski definition) is 0. The zero-order chi connectivity index (χ0) is 12.6. The van der Waals surface area contributed by atoms with Gasteiger partial charge in [-0.2, -0.15) is 0 Å². The minimum atomic E-state index is -0.210. The summed E-state index contributed by atoms with van der Waals surface area (Å²) in [5.41, 5.74) is 2.19. The predicted molar refractivity (Wildman–Crippen MR) is 68.5 cm³/mol. The van der Waals surface area contributed by atoms with Crippen molar-refractivity contribution >= 4 is 0 Å². The Morgan fingerprint density at radius 2 is 1.88 bits per heavy atom. The lowest BCUT2D eigenvalue weighted by atomic mass is 10.00. The first-order chi connectivity index (χ1) is 7.88. The first-order valence-corrected chi connectivity index (χ1v) is 6.42. The van der Waals surface area contributed by atoms with Crippen molar-refractivity contribution in [3.8, 4) is 5.88 Å². The van der Waals surface area contributed by atoms with Crippen molar-refractivity contribution in [1.29, 1.82) is 0 Å². The van der Waals surface area contributed by atoms with E-state index < -0.39 is 0 Å². The van der Waals surface area contributed by atoms with Gasteiger partial charge in [-0.25, -0.2) is 9.97 Å². The molecule has 2 rings (SSSR count). The molecule has 3 nitrogen and oxygen atoms in total. The lowest BCUT2D eigenvalue weighted by Crippen LogP contribution is -2.25. The fourth-order valence-corrected chi connectivity index (χ4v) is 1.99. The molecule has 3 heteroatoms. The van der Waals surface area contributed by atoms with Crippen LogP contribution in [0.4, 0.5) is 0 Å². The maximum absolute atomic E-state index is 5.96. The van der Waals surface area contributed by atoms with E-state index in [0.717, 1.165) is 5.88 Å². The summed E-state index contributed by atoms with van der Waals surface area (Å²) in [6.07, 6.45) is 4.15. The van der Waals surface area contributed by atoms with Crippen LogP contribution in [0.25, 0.3) is 0 Å². The highest BCUT2D eigenvalue weighted by Gasteiger charge is 2.31. The van der Waals surface area contributed by atoms with Gasteiger partial charge < -0.3 is 4.74 Å². The molecule has 1 aliphatic rings. The van der Waals surface area contributed by atoms with Crippen molar-refractivity contribution in [3.05, 3.63) is 17.6 Å². The van der Waals surface area contributed by atoms with Crippen molar-refractivity contribution in [2.45, 2.75) is 64.9 Å². The largest absolute Gasteiger partial charge is 0.472 e. The lowest BCUT2D eigenvalue weighted by Gasteiger charge is -2.24. The molecule has 0 atom stereocenters. The normalized spacial score (nSPS) is 16.4. The Morgan fingerprint density at radius 1 is 1.24 bits per heavy atom. The number of ether oxygens (including phenoxy) is 1. The average Bonchev–Trinajstić information content (AvgIpc) is 2.96. The summed E-state index contributed by atoms with van der Waals surface area (Å²) >= 11 is 0. The van der Waals surface area contributed by atoms with Gasteiger partial charge >= 0.3 is 0 Å². The Labute approximate surface area is 104 Å². The smallest absolute Gasteiger partial charge is 0.220 e. The molecule has 1 aromatic rings. The first kappa shape index (κ1) is 12.3. The second-order valence-corrected chi connectivity index (χ2v) is 6.12. The molecule has 1 aromatic heterocycles. The molecule has 0 amide bonds. The van der Waals surface area contributed by atoms with Gasteiger partial charge in [0.25, 0.3) is 0 Å². The summed E-state index contributed by atoms with van der Waals surface area (Å²) < 4.78 is 5.96. The Kier molecular flexibility index (Phi) is 3.11. The van der Waals surface area contributed by atoms with Gasteiger partial charge in [0.15, 0.2) is 0 Å². The maximum atomic E-state index is 5.96. The second-order valence-electron chi connectivity index (χ2n) is 6.12. The van der Waals surface area contributed by atoms with Crippen molar-refractivity contribution in [3.63, 3.8) is 0 Å². The number of hydrogen-bond acceptors (Lipinski definition) is 3. The third-order valence-corrected chi connectivity index (χ3v) is 2.82. The van der Waals surface area contributed by atoms with Gasteiger partial charge in [-0.15, -0.1) is 0 Å². The first-order valence-electron chi connectivity index (χ1n) is 6.42. The highest BCUT2D eigenvalue weighted by molar-refractivity contribution is 5.37. The lowest BCUT2D eigenvalue weighted by molar-refractivity contribution is 0.121. The SMILES string of the molecule is CC(C)c1c(OC(C)(C)C)ncnc1C1CC1. The fraction of sp³-hybridized carbons (Fsp3) is 0.714. The Balaban J connectivity index is 2.40. The van der Waals surface area contributed by atoms with Crippen LogP contribution in [0.1, 0.15) is 70.6 Å². The molecule has 0 unspecified atom stereocenters. The minimum Gasteiger partial charge on any atom is -0.472 e. The molecule has 1 saturated carbocycles. The zero-order valence-corrected chi connectivity index (χ0v) is 11.4. The minimum absolute atomic E-state index is 0.210. The second kappa shape index (κ2) is 4.28. The molecule has 0 aliphatic heterocycles. The summed E-state index contributed by atoms with van der Waals surface area (Å²) in [6.45, 7) is 10.5.